The third-order valence-corrected chi connectivity index (χ3v) is 5.81. The van der Waals surface area contributed by atoms with Gasteiger partial charge in [-0.2, -0.15) is 0 Å². The van der Waals surface area contributed by atoms with E-state index in [-0.39, 0.29) is 16.8 Å². The Morgan fingerprint density at radius 1 is 1.12 bits per heavy atom. The van der Waals surface area contributed by atoms with Gasteiger partial charge in [-0.15, -0.1) is 0 Å². The number of aromatic nitrogens is 1. The van der Waals surface area contributed by atoms with Crippen molar-refractivity contribution in [2.24, 2.45) is 0 Å². The highest BCUT2D eigenvalue weighted by Crippen LogP contribution is 2.23. The van der Waals surface area contributed by atoms with Crippen molar-refractivity contribution >= 4 is 21.6 Å². The number of nitrogens with one attached hydrogen (secondary N) is 2. The topological polar surface area (TPSA) is 80.2 Å². The number of amides is 1. The van der Waals surface area contributed by atoms with Crippen LogP contribution in [-0.4, -0.2) is 25.9 Å². The predicted molar refractivity (Wildman–Crippen MR) is 99.7 cm³/mol. The monoisotopic (exact) mass is 363 g/mol. The molecule has 1 heterocycles. The number of hydrogen-bond acceptors (Lipinski definition) is 3. The fraction of sp³-hybridized carbons (Fsp3) is 0.389. The Kier molecular flexibility index (Phi) is 5.39. The fourth-order valence-corrected chi connectivity index (χ4v) is 4.07. The molecule has 0 saturated carbocycles. The molecule has 6 nitrogen and oxygen atoms in total. The maximum atomic E-state index is 12.6. The summed E-state index contributed by atoms with van der Waals surface area (Å²) in [6.45, 7) is 9.72. The maximum absolute atomic E-state index is 12.6. The van der Waals surface area contributed by atoms with Crippen molar-refractivity contribution in [1.29, 1.82) is 0 Å². The third kappa shape index (κ3) is 3.77. The molecule has 0 spiro atoms. The summed E-state index contributed by atoms with van der Waals surface area (Å²) in [5, 5.41) is 2.80. The molecule has 0 aliphatic heterocycles. The van der Waals surface area contributed by atoms with Gasteiger partial charge >= 0.3 is 0 Å². The van der Waals surface area contributed by atoms with Crippen LogP contribution in [0.4, 0.5) is 5.69 Å². The molecule has 0 unspecified atom stereocenters. The fourth-order valence-electron chi connectivity index (χ4n) is 3.08. The molecule has 7 heteroatoms. The average molecular weight is 363 g/mol. The van der Waals surface area contributed by atoms with Crippen molar-refractivity contribution in [2.75, 3.05) is 12.4 Å². The standard InChI is InChI=1S/C18H25N3O3S/c1-11(2)21-13(4)9-16(14(21)5)18(22)20-15-8-7-12(3)17(10-15)25(23,24)19-6/h7-11,19H,1-6H3,(H,20,22). The first kappa shape index (κ1) is 19.2. The first-order valence-corrected chi connectivity index (χ1v) is 9.60. The molecule has 1 amide bonds. The predicted octanol–water partition coefficient (Wildman–Crippen LogP) is 3.15. The van der Waals surface area contributed by atoms with Crippen molar-refractivity contribution in [2.45, 2.75) is 45.6 Å². The van der Waals surface area contributed by atoms with Gasteiger partial charge in [0.1, 0.15) is 0 Å². The van der Waals surface area contributed by atoms with Gasteiger partial charge in [0.25, 0.3) is 5.91 Å². The van der Waals surface area contributed by atoms with Gasteiger partial charge in [-0.25, -0.2) is 13.1 Å². The second-order valence-corrected chi connectivity index (χ2v) is 8.25. The highest BCUT2D eigenvalue weighted by atomic mass is 32.2. The van der Waals surface area contributed by atoms with Crippen molar-refractivity contribution in [3.05, 3.63) is 46.8 Å². The van der Waals surface area contributed by atoms with Crippen LogP contribution in [0.5, 0.6) is 0 Å². The van der Waals surface area contributed by atoms with Gasteiger partial charge in [0.05, 0.1) is 10.5 Å². The molecule has 0 aliphatic rings. The summed E-state index contributed by atoms with van der Waals surface area (Å²) < 4.78 is 28.6. The van der Waals surface area contributed by atoms with E-state index in [1.54, 1.807) is 19.1 Å². The lowest BCUT2D eigenvalue weighted by molar-refractivity contribution is 0.102. The third-order valence-electron chi connectivity index (χ3n) is 4.25. The SMILES string of the molecule is CNS(=O)(=O)c1cc(NC(=O)c2cc(C)n(C(C)C)c2C)ccc1C. The number of carbonyl (C=O) groups is 1. The summed E-state index contributed by atoms with van der Waals surface area (Å²) in [7, 11) is -2.22. The lowest BCUT2D eigenvalue weighted by Crippen LogP contribution is -2.20. The number of hydrogen-bond donors (Lipinski definition) is 2. The summed E-state index contributed by atoms with van der Waals surface area (Å²) in [6.07, 6.45) is 0. The lowest BCUT2D eigenvalue weighted by atomic mass is 10.2. The molecule has 0 saturated heterocycles. The molecule has 0 radical (unpaired) electrons. The number of aryl methyl sites for hydroxylation is 2. The number of rotatable bonds is 5. The minimum Gasteiger partial charge on any atom is -0.346 e. The average Bonchev–Trinajstić information content (AvgIpc) is 2.83. The van der Waals surface area contributed by atoms with Crippen LogP contribution in [0.3, 0.4) is 0 Å². The van der Waals surface area contributed by atoms with Crippen LogP contribution in [0.15, 0.2) is 29.2 Å². The zero-order valence-electron chi connectivity index (χ0n) is 15.5. The molecular formula is C18H25N3O3S. The van der Waals surface area contributed by atoms with E-state index in [9.17, 15) is 13.2 Å². The normalized spacial score (nSPS) is 11.8. The molecule has 1 aromatic carbocycles. The van der Waals surface area contributed by atoms with Crippen molar-refractivity contribution in [1.82, 2.24) is 9.29 Å². The van der Waals surface area contributed by atoms with Gasteiger partial charge in [0.2, 0.25) is 10.0 Å². The number of sulfonamides is 1. The van der Waals surface area contributed by atoms with Gasteiger partial charge in [0.15, 0.2) is 0 Å². The smallest absolute Gasteiger partial charge is 0.257 e. The van der Waals surface area contributed by atoms with Crippen LogP contribution in [-0.2, 0) is 10.0 Å². The summed E-state index contributed by atoms with van der Waals surface area (Å²) in [6, 6.07) is 6.96. The van der Waals surface area contributed by atoms with Crippen LogP contribution < -0.4 is 10.0 Å². The number of benzene rings is 1. The number of anilines is 1. The molecule has 2 N–H and O–H groups in total. The molecule has 0 aliphatic carbocycles. The molecule has 2 aromatic rings. The van der Waals surface area contributed by atoms with E-state index in [2.05, 4.69) is 28.5 Å². The number of carbonyl (C=O) groups excluding carboxylic acids is 1. The van der Waals surface area contributed by atoms with E-state index in [0.717, 1.165) is 11.4 Å². The molecule has 0 fully saturated rings. The quantitative estimate of drug-likeness (QED) is 0.856. The minimum absolute atomic E-state index is 0.153. The van der Waals surface area contributed by atoms with E-state index in [1.165, 1.54) is 13.1 Å². The molecule has 0 bridgehead atoms. The number of nitrogens with zero attached hydrogens (tertiary/aromatic N) is 1. The molecule has 136 valence electrons. The van der Waals surface area contributed by atoms with Crippen LogP contribution >= 0.6 is 0 Å². The van der Waals surface area contributed by atoms with E-state index in [4.69, 9.17) is 0 Å². The molecule has 0 atom stereocenters. The Morgan fingerprint density at radius 2 is 1.76 bits per heavy atom. The lowest BCUT2D eigenvalue weighted by Gasteiger charge is -2.14. The molecule has 25 heavy (non-hydrogen) atoms. The Bertz CT molecular complexity index is 912. The van der Waals surface area contributed by atoms with E-state index in [0.29, 0.717) is 16.8 Å². The van der Waals surface area contributed by atoms with E-state index >= 15 is 0 Å². The largest absolute Gasteiger partial charge is 0.346 e. The Hall–Kier alpha value is -2.12. The summed E-state index contributed by atoms with van der Waals surface area (Å²) >= 11 is 0. The van der Waals surface area contributed by atoms with Gasteiger partial charge in [-0.1, -0.05) is 6.07 Å². The highest BCUT2D eigenvalue weighted by molar-refractivity contribution is 7.89. The second kappa shape index (κ2) is 7.01. The van der Waals surface area contributed by atoms with Crippen LogP contribution in [0.2, 0.25) is 0 Å². The zero-order valence-corrected chi connectivity index (χ0v) is 16.3. The Labute approximate surface area is 149 Å². The second-order valence-electron chi connectivity index (χ2n) is 6.39. The Balaban J connectivity index is 2.37. The van der Waals surface area contributed by atoms with Crippen molar-refractivity contribution < 1.29 is 13.2 Å². The summed E-state index contributed by atoms with van der Waals surface area (Å²) in [4.78, 5) is 12.8. The van der Waals surface area contributed by atoms with E-state index in [1.807, 2.05) is 19.9 Å². The Morgan fingerprint density at radius 3 is 2.28 bits per heavy atom. The molecule has 2 rings (SSSR count). The zero-order chi connectivity index (χ0) is 18.9. The minimum atomic E-state index is -3.58. The van der Waals surface area contributed by atoms with Crippen LogP contribution in [0.1, 0.15) is 47.2 Å². The molecule has 1 aromatic heterocycles. The van der Waals surface area contributed by atoms with Crippen molar-refractivity contribution in [3.63, 3.8) is 0 Å². The van der Waals surface area contributed by atoms with Crippen LogP contribution in [0, 0.1) is 20.8 Å². The first-order chi connectivity index (χ1) is 11.6. The highest BCUT2D eigenvalue weighted by Gasteiger charge is 2.19. The van der Waals surface area contributed by atoms with Crippen molar-refractivity contribution in [3.8, 4) is 0 Å². The maximum Gasteiger partial charge on any atom is 0.257 e. The molecular weight excluding hydrogens is 338 g/mol. The summed E-state index contributed by atoms with van der Waals surface area (Å²) in [5.41, 5.74) is 3.55. The van der Waals surface area contributed by atoms with Gasteiger partial charge in [0, 0.05) is 23.1 Å². The van der Waals surface area contributed by atoms with Gasteiger partial charge < -0.3 is 9.88 Å². The van der Waals surface area contributed by atoms with Gasteiger partial charge in [-0.05, 0) is 65.4 Å². The summed E-state index contributed by atoms with van der Waals surface area (Å²) in [5.74, 6) is -0.253. The first-order valence-electron chi connectivity index (χ1n) is 8.12. The van der Waals surface area contributed by atoms with Gasteiger partial charge in [-0.3, -0.25) is 4.79 Å². The van der Waals surface area contributed by atoms with Crippen LogP contribution in [0.25, 0.3) is 0 Å². The van der Waals surface area contributed by atoms with E-state index < -0.39 is 10.0 Å².